The smallest absolute Gasteiger partial charge is 0.324 e. The summed E-state index contributed by atoms with van der Waals surface area (Å²) in [6.07, 6.45) is 5.98. The van der Waals surface area contributed by atoms with Gasteiger partial charge in [-0.2, -0.15) is 0 Å². The molecule has 0 spiro atoms. The molecule has 4 heterocycles. The molecule has 3 aliphatic rings. The van der Waals surface area contributed by atoms with Crippen molar-refractivity contribution in [3.63, 3.8) is 0 Å². The molecule has 1 atom stereocenters. The van der Waals surface area contributed by atoms with Gasteiger partial charge in [0.15, 0.2) is 0 Å². The second kappa shape index (κ2) is 6.83. The van der Waals surface area contributed by atoms with Gasteiger partial charge in [-0.05, 0) is 48.1 Å². The summed E-state index contributed by atoms with van der Waals surface area (Å²) in [4.78, 5) is 28.3. The monoisotopic (exact) mass is 392 g/mol. The van der Waals surface area contributed by atoms with Gasteiger partial charge in [-0.15, -0.1) is 11.3 Å². The van der Waals surface area contributed by atoms with Crippen LogP contribution in [0.2, 0.25) is 0 Å². The van der Waals surface area contributed by atoms with Gasteiger partial charge in [0.25, 0.3) is 5.91 Å². The highest BCUT2D eigenvalue weighted by Gasteiger charge is 2.41. The second-order valence-corrected chi connectivity index (χ2v) is 8.03. The number of hydrogen-bond acceptors (Lipinski definition) is 4. The van der Waals surface area contributed by atoms with Gasteiger partial charge >= 0.3 is 6.03 Å². The zero-order valence-corrected chi connectivity index (χ0v) is 16.0. The molecule has 6 nitrogen and oxygen atoms in total. The fraction of sp³-hybridized carbons (Fsp3) is 0.238. The van der Waals surface area contributed by atoms with Gasteiger partial charge in [-0.1, -0.05) is 18.2 Å². The summed E-state index contributed by atoms with van der Waals surface area (Å²) in [7, 11) is 0. The van der Waals surface area contributed by atoms with E-state index in [0.717, 1.165) is 30.5 Å². The van der Waals surface area contributed by atoms with Crippen molar-refractivity contribution < 1.29 is 9.59 Å². The summed E-state index contributed by atoms with van der Waals surface area (Å²) in [5.74, 6) is 0.735. The quantitative estimate of drug-likeness (QED) is 0.746. The molecular weight excluding hydrogens is 372 g/mol. The van der Waals surface area contributed by atoms with Crippen molar-refractivity contribution in [2.45, 2.75) is 18.9 Å². The molecule has 3 aliphatic heterocycles. The van der Waals surface area contributed by atoms with Gasteiger partial charge in [0.1, 0.15) is 5.82 Å². The summed E-state index contributed by atoms with van der Waals surface area (Å²) < 4.78 is 0. The first-order valence-corrected chi connectivity index (χ1v) is 10.3. The van der Waals surface area contributed by atoms with Crippen molar-refractivity contribution in [1.82, 2.24) is 15.5 Å². The number of rotatable bonds is 3. The topological polar surface area (TPSA) is 73.5 Å². The van der Waals surface area contributed by atoms with Crippen LogP contribution < -0.4 is 16.0 Å². The highest BCUT2D eigenvalue weighted by molar-refractivity contribution is 7.11. The van der Waals surface area contributed by atoms with Gasteiger partial charge in [0, 0.05) is 34.8 Å². The molecule has 1 aromatic carbocycles. The molecule has 0 bridgehead atoms. The Bertz CT molecular complexity index is 1010. The number of carbonyl (C=O) groups excluding carboxylic acids is 2. The van der Waals surface area contributed by atoms with Gasteiger partial charge in [0.2, 0.25) is 0 Å². The van der Waals surface area contributed by atoms with Crippen molar-refractivity contribution in [1.29, 1.82) is 0 Å². The summed E-state index contributed by atoms with van der Waals surface area (Å²) in [6.45, 7) is 1.45. The Morgan fingerprint density at radius 1 is 1.21 bits per heavy atom. The van der Waals surface area contributed by atoms with Crippen molar-refractivity contribution in [3.05, 3.63) is 69.7 Å². The van der Waals surface area contributed by atoms with Gasteiger partial charge in [0.05, 0.1) is 6.04 Å². The fourth-order valence-electron chi connectivity index (χ4n) is 4.19. The summed E-state index contributed by atoms with van der Waals surface area (Å²) in [5, 5.41) is 11.0. The van der Waals surface area contributed by atoms with Crippen molar-refractivity contribution in [2.75, 3.05) is 18.4 Å². The van der Waals surface area contributed by atoms with Crippen LogP contribution in [-0.2, 0) is 0 Å². The first-order valence-electron chi connectivity index (χ1n) is 9.42. The molecule has 5 rings (SSSR count). The van der Waals surface area contributed by atoms with Crippen LogP contribution in [-0.4, -0.2) is 29.9 Å². The third-order valence-corrected chi connectivity index (χ3v) is 6.32. The predicted octanol–water partition coefficient (Wildman–Crippen LogP) is 3.69. The largest absolute Gasteiger partial charge is 0.368 e. The minimum atomic E-state index is -0.316. The lowest BCUT2D eigenvalue weighted by atomic mass is 10.0. The number of fused-ring (bicyclic) bond motifs is 3. The summed E-state index contributed by atoms with van der Waals surface area (Å²) in [6, 6.07) is 9.39. The van der Waals surface area contributed by atoms with Crippen LogP contribution >= 0.6 is 11.3 Å². The van der Waals surface area contributed by atoms with Crippen LogP contribution in [0, 0.1) is 0 Å². The van der Waals surface area contributed by atoms with Crippen LogP contribution in [0.1, 0.15) is 39.7 Å². The second-order valence-electron chi connectivity index (χ2n) is 7.08. The Kier molecular flexibility index (Phi) is 4.16. The van der Waals surface area contributed by atoms with Crippen molar-refractivity contribution >= 4 is 34.5 Å². The van der Waals surface area contributed by atoms with E-state index in [9.17, 15) is 9.59 Å². The minimum absolute atomic E-state index is 0.0731. The van der Waals surface area contributed by atoms with E-state index in [1.54, 1.807) is 11.3 Å². The van der Waals surface area contributed by atoms with Crippen LogP contribution in [0.4, 0.5) is 10.5 Å². The maximum Gasteiger partial charge on any atom is 0.324 e. The Balaban J connectivity index is 1.34. The standard InChI is InChI=1S/C21H20N4O2S/c26-20-14-4-1-5-15(19(14)16-6-2-10-25(16)20)23-21(27)24-18-12-13(8-9-22-18)17-7-3-11-28-17/h1,3-5,7-8,11-12,16,22H,2,6,9-10H2,(H2,23,24,27)/t16-/m0/s1. The lowest BCUT2D eigenvalue weighted by Crippen LogP contribution is -2.36. The SMILES string of the molecule is O=C(NC1=CC(c2cccs2)=CCN1)Nc1cccc2c1[C@@H]1CCCN1C2=O. The molecule has 2 aromatic rings. The molecule has 0 radical (unpaired) electrons. The molecule has 3 N–H and O–H groups in total. The number of hydrogen-bond donors (Lipinski definition) is 3. The van der Waals surface area contributed by atoms with E-state index in [4.69, 9.17) is 0 Å². The number of benzene rings is 1. The third kappa shape index (κ3) is 2.88. The molecule has 1 fully saturated rings. The number of nitrogens with one attached hydrogen (secondary N) is 3. The minimum Gasteiger partial charge on any atom is -0.368 e. The van der Waals surface area contributed by atoms with Crippen LogP contribution in [0.25, 0.3) is 5.57 Å². The fourth-order valence-corrected chi connectivity index (χ4v) is 4.93. The number of allylic oxidation sites excluding steroid dienone is 2. The maximum absolute atomic E-state index is 12.6. The Hall–Kier alpha value is -3.06. The van der Waals surface area contributed by atoms with Gasteiger partial charge < -0.3 is 15.5 Å². The van der Waals surface area contributed by atoms with Crippen LogP contribution in [0.3, 0.4) is 0 Å². The average molecular weight is 392 g/mol. The molecule has 1 saturated heterocycles. The van der Waals surface area contributed by atoms with E-state index < -0.39 is 0 Å². The van der Waals surface area contributed by atoms with E-state index >= 15 is 0 Å². The number of nitrogens with zero attached hydrogens (tertiary/aromatic N) is 1. The molecule has 3 amide bonds. The summed E-state index contributed by atoms with van der Waals surface area (Å²) in [5.41, 5.74) is 3.46. The van der Waals surface area contributed by atoms with E-state index in [0.29, 0.717) is 23.6 Å². The maximum atomic E-state index is 12.6. The Morgan fingerprint density at radius 3 is 3.00 bits per heavy atom. The van der Waals surface area contributed by atoms with Gasteiger partial charge in [-0.3, -0.25) is 10.1 Å². The van der Waals surface area contributed by atoms with Crippen LogP contribution in [0.15, 0.2) is 53.7 Å². The number of amides is 3. The molecular formula is C21H20N4O2S. The molecule has 142 valence electrons. The van der Waals surface area contributed by atoms with E-state index in [1.807, 2.05) is 40.6 Å². The van der Waals surface area contributed by atoms with E-state index in [-0.39, 0.29) is 18.0 Å². The number of carbonyl (C=O) groups is 2. The van der Waals surface area contributed by atoms with Gasteiger partial charge in [-0.25, -0.2) is 4.79 Å². The lowest BCUT2D eigenvalue weighted by molar-refractivity contribution is 0.0776. The zero-order valence-electron chi connectivity index (χ0n) is 15.2. The van der Waals surface area contributed by atoms with Crippen molar-refractivity contribution in [2.24, 2.45) is 0 Å². The Morgan fingerprint density at radius 2 is 2.14 bits per heavy atom. The average Bonchev–Trinajstić information content (AvgIpc) is 3.43. The first kappa shape index (κ1) is 17.1. The number of urea groups is 1. The first-order chi connectivity index (χ1) is 13.7. The highest BCUT2D eigenvalue weighted by atomic mass is 32.1. The number of thiophene rings is 1. The molecule has 7 heteroatoms. The molecule has 0 saturated carbocycles. The predicted molar refractivity (Wildman–Crippen MR) is 110 cm³/mol. The molecule has 0 aliphatic carbocycles. The molecule has 1 aromatic heterocycles. The normalized spacial score (nSPS) is 20.1. The van der Waals surface area contributed by atoms with E-state index in [2.05, 4.69) is 28.1 Å². The molecule has 0 unspecified atom stereocenters. The Labute approximate surface area is 166 Å². The number of anilines is 1. The summed E-state index contributed by atoms with van der Waals surface area (Å²) >= 11 is 1.67. The van der Waals surface area contributed by atoms with Crippen LogP contribution in [0.5, 0.6) is 0 Å². The van der Waals surface area contributed by atoms with Crippen molar-refractivity contribution in [3.8, 4) is 0 Å². The number of dihydropyridines is 1. The highest BCUT2D eigenvalue weighted by Crippen LogP contribution is 2.44. The molecule has 28 heavy (non-hydrogen) atoms. The van der Waals surface area contributed by atoms with E-state index in [1.165, 1.54) is 4.88 Å². The third-order valence-electron chi connectivity index (χ3n) is 5.40. The lowest BCUT2D eigenvalue weighted by Gasteiger charge is -2.19. The zero-order chi connectivity index (χ0) is 19.1.